The first kappa shape index (κ1) is 21.4. The fourth-order valence-electron chi connectivity index (χ4n) is 4.29. The van der Waals surface area contributed by atoms with Gasteiger partial charge in [0.2, 0.25) is 0 Å². The topological polar surface area (TPSA) is 27.3 Å². The fourth-order valence-corrected chi connectivity index (χ4v) is 4.51. The van der Waals surface area contributed by atoms with E-state index < -0.39 is 0 Å². The lowest BCUT2D eigenvalue weighted by atomic mass is 9.96. The van der Waals surface area contributed by atoms with Crippen LogP contribution in [0.1, 0.15) is 42.0 Å². The number of benzene rings is 3. The van der Waals surface area contributed by atoms with E-state index in [0.29, 0.717) is 5.11 Å². The third-order valence-corrected chi connectivity index (χ3v) is 6.16. The van der Waals surface area contributed by atoms with Crippen molar-refractivity contribution in [3.8, 4) is 0 Å². The van der Waals surface area contributed by atoms with E-state index in [2.05, 4.69) is 94.4 Å². The zero-order valence-electron chi connectivity index (χ0n) is 18.0. The average molecular weight is 430 g/mol. The summed E-state index contributed by atoms with van der Waals surface area (Å²) < 4.78 is 0. The van der Waals surface area contributed by atoms with Crippen molar-refractivity contribution in [2.45, 2.75) is 31.7 Å². The first-order valence-electron chi connectivity index (χ1n) is 11.3. The molecule has 2 N–H and O–H groups in total. The third-order valence-electron chi connectivity index (χ3n) is 5.89. The Morgan fingerprint density at radius 2 is 1.45 bits per heavy atom. The van der Waals surface area contributed by atoms with Gasteiger partial charge in [0.25, 0.3) is 0 Å². The number of anilines is 1. The molecular weight excluding hydrogens is 398 g/mol. The van der Waals surface area contributed by atoms with Crippen LogP contribution in [-0.2, 0) is 6.42 Å². The molecule has 4 rings (SSSR count). The van der Waals surface area contributed by atoms with Gasteiger partial charge in [-0.2, -0.15) is 0 Å². The number of para-hydroxylation sites is 1. The van der Waals surface area contributed by atoms with Gasteiger partial charge in [-0.25, -0.2) is 0 Å². The molecule has 1 heterocycles. The SMILES string of the molecule is S=C(NCCc1ccccc1)N[C@H](c1ccccc1)c1ccccc1N1CCCCC1. The lowest BCUT2D eigenvalue weighted by Gasteiger charge is -2.33. The largest absolute Gasteiger partial charge is 0.371 e. The van der Waals surface area contributed by atoms with E-state index in [0.717, 1.165) is 26.1 Å². The third kappa shape index (κ3) is 5.86. The number of hydrogen-bond acceptors (Lipinski definition) is 2. The Kier molecular flexibility index (Phi) is 7.56. The predicted octanol–water partition coefficient (Wildman–Crippen LogP) is 5.47. The van der Waals surface area contributed by atoms with Gasteiger partial charge in [-0.1, -0.05) is 78.9 Å². The molecule has 3 aromatic rings. The molecule has 3 aromatic carbocycles. The molecule has 1 saturated heterocycles. The molecular formula is C27H31N3S. The molecule has 160 valence electrons. The van der Waals surface area contributed by atoms with Gasteiger partial charge in [0, 0.05) is 30.9 Å². The van der Waals surface area contributed by atoms with Crippen LogP contribution in [0.3, 0.4) is 0 Å². The van der Waals surface area contributed by atoms with Crippen LogP contribution >= 0.6 is 12.2 Å². The maximum absolute atomic E-state index is 5.71. The maximum atomic E-state index is 5.71. The summed E-state index contributed by atoms with van der Waals surface area (Å²) in [6.45, 7) is 3.06. The number of rotatable bonds is 7. The molecule has 0 saturated carbocycles. The summed E-state index contributed by atoms with van der Waals surface area (Å²) in [6, 6.07) is 29.9. The highest BCUT2D eigenvalue weighted by Crippen LogP contribution is 2.32. The molecule has 0 unspecified atom stereocenters. The summed E-state index contributed by atoms with van der Waals surface area (Å²) in [4.78, 5) is 2.53. The Balaban J connectivity index is 1.51. The van der Waals surface area contributed by atoms with Crippen molar-refractivity contribution < 1.29 is 0 Å². The van der Waals surface area contributed by atoms with Crippen LogP contribution in [0.5, 0.6) is 0 Å². The van der Waals surface area contributed by atoms with Crippen molar-refractivity contribution in [3.63, 3.8) is 0 Å². The molecule has 0 radical (unpaired) electrons. The Hall–Kier alpha value is -2.85. The number of nitrogens with zero attached hydrogens (tertiary/aromatic N) is 1. The second-order valence-corrected chi connectivity index (χ2v) is 8.49. The molecule has 0 spiro atoms. The molecule has 0 bridgehead atoms. The molecule has 3 nitrogen and oxygen atoms in total. The predicted molar refractivity (Wildman–Crippen MR) is 135 cm³/mol. The molecule has 1 fully saturated rings. The van der Waals surface area contributed by atoms with Crippen molar-refractivity contribution in [3.05, 3.63) is 102 Å². The van der Waals surface area contributed by atoms with Gasteiger partial charge in [-0.05, 0) is 55.1 Å². The number of hydrogen-bond donors (Lipinski definition) is 2. The van der Waals surface area contributed by atoms with Crippen LogP contribution < -0.4 is 15.5 Å². The average Bonchev–Trinajstić information content (AvgIpc) is 2.84. The van der Waals surface area contributed by atoms with Gasteiger partial charge < -0.3 is 15.5 Å². The molecule has 31 heavy (non-hydrogen) atoms. The van der Waals surface area contributed by atoms with Gasteiger partial charge >= 0.3 is 0 Å². The van der Waals surface area contributed by atoms with E-state index in [1.54, 1.807) is 0 Å². The van der Waals surface area contributed by atoms with Crippen LogP contribution in [-0.4, -0.2) is 24.7 Å². The fraction of sp³-hybridized carbons (Fsp3) is 0.296. The first-order valence-corrected chi connectivity index (χ1v) is 11.7. The summed E-state index contributed by atoms with van der Waals surface area (Å²) in [6.07, 6.45) is 4.80. The Bertz CT molecular complexity index is 952. The van der Waals surface area contributed by atoms with Gasteiger partial charge in [0.15, 0.2) is 5.11 Å². The number of thiocarbonyl (C=S) groups is 1. The van der Waals surface area contributed by atoms with Gasteiger partial charge in [0.1, 0.15) is 0 Å². The zero-order chi connectivity index (χ0) is 21.3. The van der Waals surface area contributed by atoms with Gasteiger partial charge in [0.05, 0.1) is 6.04 Å². The van der Waals surface area contributed by atoms with E-state index in [4.69, 9.17) is 12.2 Å². The van der Waals surface area contributed by atoms with Gasteiger partial charge in [-0.3, -0.25) is 0 Å². The van der Waals surface area contributed by atoms with Crippen molar-refractivity contribution >= 4 is 23.0 Å². The van der Waals surface area contributed by atoms with Gasteiger partial charge in [-0.15, -0.1) is 0 Å². The van der Waals surface area contributed by atoms with Crippen LogP contribution in [0.25, 0.3) is 0 Å². The summed E-state index contributed by atoms with van der Waals surface area (Å²) in [5.74, 6) is 0. The first-order chi connectivity index (χ1) is 15.3. The second-order valence-electron chi connectivity index (χ2n) is 8.09. The highest BCUT2D eigenvalue weighted by Gasteiger charge is 2.22. The van der Waals surface area contributed by atoms with Crippen LogP contribution in [0.15, 0.2) is 84.9 Å². The second kappa shape index (κ2) is 11.0. The summed E-state index contributed by atoms with van der Waals surface area (Å²) in [5, 5.41) is 7.71. The van der Waals surface area contributed by atoms with E-state index >= 15 is 0 Å². The molecule has 0 amide bonds. The van der Waals surface area contributed by atoms with Crippen molar-refractivity contribution in [2.24, 2.45) is 0 Å². The summed E-state index contributed by atoms with van der Waals surface area (Å²) >= 11 is 5.71. The van der Waals surface area contributed by atoms with Crippen molar-refractivity contribution in [1.82, 2.24) is 10.6 Å². The van der Waals surface area contributed by atoms with Crippen LogP contribution in [0.2, 0.25) is 0 Å². The highest BCUT2D eigenvalue weighted by atomic mass is 32.1. The smallest absolute Gasteiger partial charge is 0.167 e. The lowest BCUT2D eigenvalue weighted by Crippen LogP contribution is -2.40. The zero-order valence-corrected chi connectivity index (χ0v) is 18.8. The Morgan fingerprint density at radius 1 is 0.806 bits per heavy atom. The minimum absolute atomic E-state index is 0.0102. The quantitative estimate of drug-likeness (QED) is 0.487. The van der Waals surface area contributed by atoms with Crippen molar-refractivity contribution in [2.75, 3.05) is 24.5 Å². The number of piperidine rings is 1. The Morgan fingerprint density at radius 3 is 2.19 bits per heavy atom. The minimum Gasteiger partial charge on any atom is -0.371 e. The minimum atomic E-state index is 0.0102. The van der Waals surface area contributed by atoms with E-state index in [1.165, 1.54) is 41.6 Å². The molecule has 0 aromatic heterocycles. The van der Waals surface area contributed by atoms with Crippen LogP contribution in [0, 0.1) is 0 Å². The monoisotopic (exact) mass is 429 g/mol. The molecule has 0 aliphatic carbocycles. The van der Waals surface area contributed by atoms with E-state index in [9.17, 15) is 0 Å². The summed E-state index contributed by atoms with van der Waals surface area (Å²) in [7, 11) is 0. The lowest BCUT2D eigenvalue weighted by molar-refractivity contribution is 0.574. The van der Waals surface area contributed by atoms with E-state index in [1.807, 2.05) is 6.07 Å². The highest BCUT2D eigenvalue weighted by molar-refractivity contribution is 7.80. The Labute approximate surface area is 191 Å². The molecule has 1 aliphatic rings. The maximum Gasteiger partial charge on any atom is 0.167 e. The standard InChI is InChI=1S/C27H31N3S/c31-27(28-19-18-22-12-4-1-5-13-22)29-26(23-14-6-2-7-15-23)24-16-8-9-17-25(24)30-20-10-3-11-21-30/h1-2,4-9,12-17,26H,3,10-11,18-21H2,(H2,28,29,31)/t26-/m1/s1. The molecule has 4 heteroatoms. The molecule has 1 aliphatic heterocycles. The normalized spacial score (nSPS) is 14.6. The molecule has 1 atom stereocenters. The number of nitrogens with one attached hydrogen (secondary N) is 2. The van der Waals surface area contributed by atoms with E-state index in [-0.39, 0.29) is 6.04 Å². The van der Waals surface area contributed by atoms with Crippen molar-refractivity contribution in [1.29, 1.82) is 0 Å². The summed E-state index contributed by atoms with van der Waals surface area (Å²) in [5.41, 5.74) is 5.13. The van der Waals surface area contributed by atoms with Crippen LogP contribution in [0.4, 0.5) is 5.69 Å².